The first-order valence-corrected chi connectivity index (χ1v) is 9.83. The number of nitrogens with zero attached hydrogens (tertiary/aromatic N) is 2. The second-order valence-electron chi connectivity index (χ2n) is 6.59. The molecule has 0 unspecified atom stereocenters. The number of hydrogen-bond donors (Lipinski definition) is 0. The lowest BCUT2D eigenvalue weighted by atomic mass is 10.1. The van der Waals surface area contributed by atoms with Gasteiger partial charge in [-0.2, -0.15) is 0 Å². The third-order valence-corrected chi connectivity index (χ3v) is 5.29. The number of ether oxygens (including phenoxy) is 1. The van der Waals surface area contributed by atoms with Gasteiger partial charge in [-0.3, -0.25) is 14.6 Å². The van der Waals surface area contributed by atoms with E-state index in [0.717, 1.165) is 28.2 Å². The van der Waals surface area contributed by atoms with Crippen LogP contribution in [-0.2, 0) is 14.3 Å². The van der Waals surface area contributed by atoms with Crippen molar-refractivity contribution in [3.63, 3.8) is 0 Å². The number of pyridine rings is 1. The lowest BCUT2D eigenvalue weighted by molar-refractivity contribution is -0.151. The van der Waals surface area contributed by atoms with Crippen LogP contribution in [0.4, 0.5) is 0 Å². The van der Waals surface area contributed by atoms with Gasteiger partial charge in [-0.1, -0.05) is 30.0 Å². The number of thioether (sulfide) groups is 2. The van der Waals surface area contributed by atoms with Gasteiger partial charge in [-0.25, -0.2) is 4.99 Å². The minimum atomic E-state index is -0.522. The minimum absolute atomic E-state index is 0.127. The summed E-state index contributed by atoms with van der Waals surface area (Å²) in [4.78, 5) is 32.7. The molecule has 0 N–H and O–H groups in total. The van der Waals surface area contributed by atoms with Gasteiger partial charge in [0, 0.05) is 11.6 Å². The molecule has 0 saturated carbocycles. The number of para-hydroxylation sites is 1. The molecule has 5 nitrogen and oxygen atoms in total. The monoisotopic (exact) mass is 386 g/mol. The average molecular weight is 386 g/mol. The Bertz CT molecular complexity index is 925. The van der Waals surface area contributed by atoms with Gasteiger partial charge in [0.05, 0.1) is 11.3 Å². The maximum absolute atomic E-state index is 12.2. The molecule has 0 amide bonds. The van der Waals surface area contributed by atoms with E-state index in [0.29, 0.717) is 10.1 Å². The molecule has 0 saturated heterocycles. The third-order valence-electron chi connectivity index (χ3n) is 3.31. The van der Waals surface area contributed by atoms with Crippen molar-refractivity contribution >= 4 is 56.0 Å². The molecule has 0 fully saturated rings. The molecule has 2 aromatic rings. The molecule has 0 spiro atoms. The molecule has 0 aliphatic carbocycles. The summed E-state index contributed by atoms with van der Waals surface area (Å²) in [6, 6.07) is 9.60. The third kappa shape index (κ3) is 4.74. The van der Waals surface area contributed by atoms with Crippen molar-refractivity contribution in [3.8, 4) is 0 Å². The summed E-state index contributed by atoms with van der Waals surface area (Å²) in [7, 11) is 0. The average Bonchev–Trinajstić information content (AvgIpc) is 2.92. The maximum atomic E-state index is 12.2. The highest BCUT2D eigenvalue weighted by atomic mass is 32.2. The molecule has 26 heavy (non-hydrogen) atoms. The van der Waals surface area contributed by atoms with Crippen molar-refractivity contribution in [1.82, 2.24) is 4.98 Å². The highest BCUT2D eigenvalue weighted by Crippen LogP contribution is 2.32. The molecule has 0 bridgehead atoms. The van der Waals surface area contributed by atoms with Crippen molar-refractivity contribution in [2.45, 2.75) is 26.4 Å². The van der Waals surface area contributed by atoms with E-state index in [4.69, 9.17) is 4.74 Å². The van der Waals surface area contributed by atoms with E-state index in [-0.39, 0.29) is 16.8 Å². The fourth-order valence-electron chi connectivity index (χ4n) is 2.33. The van der Waals surface area contributed by atoms with E-state index < -0.39 is 5.60 Å². The molecule has 0 radical (unpaired) electrons. The zero-order chi connectivity index (χ0) is 18.7. The van der Waals surface area contributed by atoms with Gasteiger partial charge < -0.3 is 4.74 Å². The first kappa shape index (κ1) is 18.7. The van der Waals surface area contributed by atoms with Crippen LogP contribution in [0.15, 0.2) is 47.2 Å². The lowest BCUT2D eigenvalue weighted by Gasteiger charge is -2.19. The number of fused-ring (bicyclic) bond motifs is 1. The molecule has 1 aliphatic heterocycles. The van der Waals surface area contributed by atoms with E-state index in [9.17, 15) is 9.59 Å². The van der Waals surface area contributed by atoms with Crippen molar-refractivity contribution in [2.24, 2.45) is 4.99 Å². The number of aliphatic imine (C=N–C) groups is 1. The largest absolute Gasteiger partial charge is 0.459 e. The van der Waals surface area contributed by atoms with Gasteiger partial charge in [0.1, 0.15) is 15.7 Å². The van der Waals surface area contributed by atoms with Crippen molar-refractivity contribution < 1.29 is 14.3 Å². The molecule has 7 heteroatoms. The molecule has 1 aliphatic rings. The SMILES string of the molecule is CC(C)(C)OC(=O)CSC1=NC(=Cc2ccnc3ccccc23)C(=O)S1. The summed E-state index contributed by atoms with van der Waals surface area (Å²) < 4.78 is 5.83. The van der Waals surface area contributed by atoms with E-state index in [1.54, 1.807) is 12.3 Å². The summed E-state index contributed by atoms with van der Waals surface area (Å²) in [6.07, 6.45) is 3.48. The highest BCUT2D eigenvalue weighted by Gasteiger charge is 2.24. The Labute approximate surface area is 160 Å². The second-order valence-corrected chi connectivity index (χ2v) is 8.77. The molecular formula is C19H18N2O3S2. The van der Waals surface area contributed by atoms with E-state index >= 15 is 0 Å². The van der Waals surface area contributed by atoms with E-state index in [2.05, 4.69) is 9.98 Å². The number of carbonyl (C=O) groups excluding carboxylic acids is 2. The second kappa shape index (κ2) is 7.63. The zero-order valence-corrected chi connectivity index (χ0v) is 16.3. The number of aromatic nitrogens is 1. The van der Waals surface area contributed by atoms with E-state index in [1.807, 2.05) is 51.1 Å². The Hall–Kier alpha value is -2.12. The minimum Gasteiger partial charge on any atom is -0.459 e. The Balaban J connectivity index is 1.75. The Kier molecular flexibility index (Phi) is 5.48. The Morgan fingerprint density at radius 1 is 1.27 bits per heavy atom. The summed E-state index contributed by atoms with van der Waals surface area (Å²) >= 11 is 2.26. The van der Waals surface area contributed by atoms with Crippen LogP contribution in [0.1, 0.15) is 26.3 Å². The van der Waals surface area contributed by atoms with Crippen molar-refractivity contribution in [1.29, 1.82) is 0 Å². The smallest absolute Gasteiger partial charge is 0.316 e. The predicted octanol–water partition coefficient (Wildman–Crippen LogP) is 4.28. The predicted molar refractivity (Wildman–Crippen MR) is 108 cm³/mol. The van der Waals surface area contributed by atoms with Gasteiger partial charge >= 0.3 is 5.97 Å². The number of esters is 1. The summed E-state index contributed by atoms with van der Waals surface area (Å²) in [5.74, 6) is -0.196. The summed E-state index contributed by atoms with van der Waals surface area (Å²) in [5.41, 5.74) is 1.61. The molecular weight excluding hydrogens is 368 g/mol. The first-order chi connectivity index (χ1) is 12.3. The molecule has 1 aromatic carbocycles. The van der Waals surface area contributed by atoms with E-state index in [1.165, 1.54) is 11.8 Å². The lowest BCUT2D eigenvalue weighted by Crippen LogP contribution is -2.25. The van der Waals surface area contributed by atoms with Gasteiger partial charge in [-0.05, 0) is 56.3 Å². The number of rotatable bonds is 3. The van der Waals surface area contributed by atoms with Crippen molar-refractivity contribution in [3.05, 3.63) is 47.8 Å². The Morgan fingerprint density at radius 3 is 2.81 bits per heavy atom. The van der Waals surface area contributed by atoms with Crippen LogP contribution < -0.4 is 0 Å². The van der Waals surface area contributed by atoms with Crippen LogP contribution in [0, 0.1) is 0 Å². The summed E-state index contributed by atoms with van der Waals surface area (Å²) in [6.45, 7) is 5.46. The molecule has 134 valence electrons. The van der Waals surface area contributed by atoms with Gasteiger partial charge in [-0.15, -0.1) is 0 Å². The van der Waals surface area contributed by atoms with Crippen LogP contribution in [0.25, 0.3) is 17.0 Å². The standard InChI is InChI=1S/C19H18N2O3S2/c1-19(2,3)24-16(22)11-25-18-21-15(17(23)26-18)10-12-8-9-20-14-7-5-4-6-13(12)14/h4-10H,11H2,1-3H3. The topological polar surface area (TPSA) is 68.6 Å². The zero-order valence-electron chi connectivity index (χ0n) is 14.7. The van der Waals surface area contributed by atoms with Crippen LogP contribution in [0.3, 0.4) is 0 Å². The molecule has 0 atom stereocenters. The van der Waals surface area contributed by atoms with Crippen molar-refractivity contribution in [2.75, 3.05) is 5.75 Å². The van der Waals surface area contributed by atoms with Crippen LogP contribution >= 0.6 is 23.5 Å². The first-order valence-electron chi connectivity index (χ1n) is 8.03. The number of benzene rings is 1. The molecule has 2 heterocycles. The quantitative estimate of drug-likeness (QED) is 0.579. The number of carbonyl (C=O) groups is 2. The van der Waals surface area contributed by atoms with Gasteiger partial charge in [0.25, 0.3) is 0 Å². The molecule has 1 aromatic heterocycles. The normalized spacial score (nSPS) is 16.2. The Morgan fingerprint density at radius 2 is 2.04 bits per heavy atom. The fourth-order valence-corrected chi connectivity index (χ4v) is 3.95. The van der Waals surface area contributed by atoms with Crippen LogP contribution in [0.2, 0.25) is 0 Å². The highest BCUT2D eigenvalue weighted by molar-refractivity contribution is 8.45. The maximum Gasteiger partial charge on any atom is 0.316 e. The van der Waals surface area contributed by atoms with Crippen LogP contribution in [-0.4, -0.2) is 31.8 Å². The van der Waals surface area contributed by atoms with Gasteiger partial charge in [0.15, 0.2) is 0 Å². The summed E-state index contributed by atoms with van der Waals surface area (Å²) in [5, 5.41) is 0.836. The van der Waals surface area contributed by atoms with Crippen LogP contribution in [0.5, 0.6) is 0 Å². The number of hydrogen-bond acceptors (Lipinski definition) is 7. The fraction of sp³-hybridized carbons (Fsp3) is 0.263. The van der Waals surface area contributed by atoms with Gasteiger partial charge in [0.2, 0.25) is 5.12 Å². The molecule has 3 rings (SSSR count).